The van der Waals surface area contributed by atoms with Crippen LogP contribution in [0.4, 0.5) is 0 Å². The van der Waals surface area contributed by atoms with Gasteiger partial charge >= 0.3 is 5.97 Å². The van der Waals surface area contributed by atoms with Crippen LogP contribution >= 0.6 is 0 Å². The third kappa shape index (κ3) is 4.11. The van der Waals surface area contributed by atoms with Crippen molar-refractivity contribution < 1.29 is 23.8 Å². The fourth-order valence-corrected chi connectivity index (χ4v) is 2.03. The van der Waals surface area contributed by atoms with Gasteiger partial charge in [0.25, 0.3) is 0 Å². The molecule has 1 aromatic rings. The molecule has 0 radical (unpaired) electrons. The Hall–Kier alpha value is -2.24. The number of rotatable bonds is 6. The van der Waals surface area contributed by atoms with E-state index < -0.39 is 0 Å². The molecule has 6 heteroatoms. The summed E-state index contributed by atoms with van der Waals surface area (Å²) < 4.78 is 15.3. The molecular formula is C15H19NO5. The highest BCUT2D eigenvalue weighted by Crippen LogP contribution is 2.34. The van der Waals surface area contributed by atoms with Gasteiger partial charge in [0.05, 0.1) is 19.1 Å². The summed E-state index contributed by atoms with van der Waals surface area (Å²) in [7, 11) is 0. The molecule has 1 amide bonds. The fourth-order valence-electron chi connectivity index (χ4n) is 2.03. The SMILES string of the molecule is CCOC(=O)CCC(=O)NC(C)c1ccc2c(c1)OCO2. The highest BCUT2D eigenvalue weighted by atomic mass is 16.7. The number of nitrogens with one attached hydrogen (secondary N) is 1. The number of ether oxygens (including phenoxy) is 3. The average Bonchev–Trinajstić information content (AvgIpc) is 2.92. The zero-order valence-corrected chi connectivity index (χ0v) is 12.2. The number of benzene rings is 1. The monoisotopic (exact) mass is 293 g/mol. The molecule has 0 spiro atoms. The van der Waals surface area contributed by atoms with Crippen molar-refractivity contribution >= 4 is 11.9 Å². The normalized spacial score (nSPS) is 13.6. The Balaban J connectivity index is 1.84. The minimum atomic E-state index is -0.358. The molecule has 1 aromatic carbocycles. The van der Waals surface area contributed by atoms with Crippen molar-refractivity contribution in [1.82, 2.24) is 5.32 Å². The third-order valence-electron chi connectivity index (χ3n) is 3.14. The van der Waals surface area contributed by atoms with Crippen LogP contribution in [0.2, 0.25) is 0 Å². The predicted molar refractivity (Wildman–Crippen MR) is 75.0 cm³/mol. The smallest absolute Gasteiger partial charge is 0.306 e. The highest BCUT2D eigenvalue weighted by molar-refractivity contribution is 5.81. The summed E-state index contributed by atoms with van der Waals surface area (Å²) in [6.07, 6.45) is 0.210. The van der Waals surface area contributed by atoms with Crippen molar-refractivity contribution in [2.75, 3.05) is 13.4 Å². The molecule has 1 aliphatic rings. The lowest BCUT2D eigenvalue weighted by Crippen LogP contribution is -2.27. The van der Waals surface area contributed by atoms with Gasteiger partial charge in [0.2, 0.25) is 12.7 Å². The summed E-state index contributed by atoms with van der Waals surface area (Å²) in [5, 5.41) is 2.84. The van der Waals surface area contributed by atoms with Gasteiger partial charge in [-0.2, -0.15) is 0 Å². The summed E-state index contributed by atoms with van der Waals surface area (Å²) in [5.41, 5.74) is 0.920. The highest BCUT2D eigenvalue weighted by Gasteiger charge is 2.17. The average molecular weight is 293 g/mol. The molecule has 21 heavy (non-hydrogen) atoms. The first-order valence-corrected chi connectivity index (χ1v) is 6.94. The molecule has 0 saturated heterocycles. The zero-order chi connectivity index (χ0) is 15.2. The molecule has 0 aliphatic carbocycles. The van der Waals surface area contributed by atoms with Gasteiger partial charge in [0.1, 0.15) is 0 Å². The van der Waals surface area contributed by atoms with Gasteiger partial charge in [-0.05, 0) is 31.5 Å². The Morgan fingerprint density at radius 2 is 2.05 bits per heavy atom. The molecule has 1 aliphatic heterocycles. The second-order valence-corrected chi connectivity index (χ2v) is 4.71. The molecule has 0 fully saturated rings. The van der Waals surface area contributed by atoms with E-state index in [1.165, 1.54) is 0 Å². The molecule has 1 atom stereocenters. The predicted octanol–water partition coefficient (Wildman–Crippen LogP) is 1.94. The summed E-state index contributed by atoms with van der Waals surface area (Å²) in [4.78, 5) is 23.0. The van der Waals surface area contributed by atoms with Crippen LogP contribution in [-0.2, 0) is 14.3 Å². The molecule has 0 aromatic heterocycles. The standard InChI is InChI=1S/C15H19NO5/c1-3-19-15(18)7-6-14(17)16-10(2)11-4-5-12-13(8-11)21-9-20-12/h4-5,8,10H,3,6-7,9H2,1-2H3,(H,16,17). The van der Waals surface area contributed by atoms with E-state index in [0.717, 1.165) is 5.56 Å². The van der Waals surface area contributed by atoms with Gasteiger partial charge < -0.3 is 19.5 Å². The molecular weight excluding hydrogens is 274 g/mol. The summed E-state index contributed by atoms with van der Waals surface area (Å²) in [6, 6.07) is 5.37. The lowest BCUT2D eigenvalue weighted by molar-refractivity contribution is -0.144. The second kappa shape index (κ2) is 6.97. The number of fused-ring (bicyclic) bond motifs is 1. The maximum absolute atomic E-state index is 11.8. The van der Waals surface area contributed by atoms with Crippen molar-refractivity contribution in [3.63, 3.8) is 0 Å². The number of hydrogen-bond acceptors (Lipinski definition) is 5. The Bertz CT molecular complexity index is 529. The van der Waals surface area contributed by atoms with Crippen molar-refractivity contribution in [2.45, 2.75) is 32.7 Å². The maximum atomic E-state index is 11.8. The van der Waals surface area contributed by atoms with E-state index in [2.05, 4.69) is 5.32 Å². The number of hydrogen-bond donors (Lipinski definition) is 1. The molecule has 6 nitrogen and oxygen atoms in total. The second-order valence-electron chi connectivity index (χ2n) is 4.71. The van der Waals surface area contributed by atoms with Crippen molar-refractivity contribution in [1.29, 1.82) is 0 Å². The Morgan fingerprint density at radius 1 is 1.29 bits per heavy atom. The summed E-state index contributed by atoms with van der Waals surface area (Å²) in [6.45, 7) is 4.16. The van der Waals surface area contributed by atoms with Gasteiger partial charge in [-0.3, -0.25) is 9.59 Å². The van der Waals surface area contributed by atoms with Gasteiger partial charge in [-0.15, -0.1) is 0 Å². The maximum Gasteiger partial charge on any atom is 0.306 e. The third-order valence-corrected chi connectivity index (χ3v) is 3.14. The number of esters is 1. The van der Waals surface area contributed by atoms with E-state index in [9.17, 15) is 9.59 Å². The van der Waals surface area contributed by atoms with Crippen molar-refractivity contribution in [2.24, 2.45) is 0 Å². The number of carbonyl (C=O) groups excluding carboxylic acids is 2. The minimum absolute atomic E-state index is 0.0908. The van der Waals surface area contributed by atoms with E-state index in [1.54, 1.807) is 6.92 Å². The van der Waals surface area contributed by atoms with E-state index in [1.807, 2.05) is 25.1 Å². The van der Waals surface area contributed by atoms with Gasteiger partial charge in [0, 0.05) is 6.42 Å². The van der Waals surface area contributed by atoms with E-state index in [-0.39, 0.29) is 37.6 Å². The first-order chi connectivity index (χ1) is 10.1. The minimum Gasteiger partial charge on any atom is -0.466 e. The molecule has 2 rings (SSSR count). The lowest BCUT2D eigenvalue weighted by atomic mass is 10.1. The lowest BCUT2D eigenvalue weighted by Gasteiger charge is -2.14. The zero-order valence-electron chi connectivity index (χ0n) is 12.2. The van der Waals surface area contributed by atoms with Gasteiger partial charge in [0.15, 0.2) is 11.5 Å². The molecule has 1 N–H and O–H groups in total. The molecule has 1 heterocycles. The molecule has 1 unspecified atom stereocenters. The van der Waals surface area contributed by atoms with Crippen molar-refractivity contribution in [3.8, 4) is 11.5 Å². The molecule has 0 bridgehead atoms. The topological polar surface area (TPSA) is 73.9 Å². The number of carbonyl (C=O) groups is 2. The first-order valence-electron chi connectivity index (χ1n) is 6.94. The van der Waals surface area contributed by atoms with Crippen LogP contribution < -0.4 is 14.8 Å². The van der Waals surface area contributed by atoms with Gasteiger partial charge in [-0.25, -0.2) is 0 Å². The number of amides is 1. The summed E-state index contributed by atoms with van der Waals surface area (Å²) >= 11 is 0. The van der Waals surface area contributed by atoms with Crippen LogP contribution in [0.25, 0.3) is 0 Å². The van der Waals surface area contributed by atoms with Crippen LogP contribution in [0.15, 0.2) is 18.2 Å². The van der Waals surface area contributed by atoms with E-state index in [4.69, 9.17) is 14.2 Å². The van der Waals surface area contributed by atoms with Crippen LogP contribution in [0, 0.1) is 0 Å². The largest absolute Gasteiger partial charge is 0.466 e. The molecule has 114 valence electrons. The van der Waals surface area contributed by atoms with Crippen LogP contribution in [-0.4, -0.2) is 25.3 Å². The fraction of sp³-hybridized carbons (Fsp3) is 0.467. The van der Waals surface area contributed by atoms with Crippen molar-refractivity contribution in [3.05, 3.63) is 23.8 Å². The Labute approximate surface area is 123 Å². The van der Waals surface area contributed by atoms with E-state index in [0.29, 0.717) is 18.1 Å². The van der Waals surface area contributed by atoms with Crippen LogP contribution in [0.5, 0.6) is 11.5 Å². The van der Waals surface area contributed by atoms with Gasteiger partial charge in [-0.1, -0.05) is 6.07 Å². The van der Waals surface area contributed by atoms with Crippen LogP contribution in [0.1, 0.15) is 38.3 Å². The Kier molecular flexibility index (Phi) is 5.03. The summed E-state index contributed by atoms with van der Waals surface area (Å²) in [5.74, 6) is 0.844. The van der Waals surface area contributed by atoms with Crippen LogP contribution in [0.3, 0.4) is 0 Å². The Morgan fingerprint density at radius 3 is 2.81 bits per heavy atom. The first kappa shape index (κ1) is 15.2. The van der Waals surface area contributed by atoms with E-state index >= 15 is 0 Å². The molecule has 0 saturated carbocycles. The quantitative estimate of drug-likeness (QED) is 0.811.